The number of carboxylic acids is 1. The van der Waals surface area contributed by atoms with Gasteiger partial charge in [0.25, 0.3) is 0 Å². The molecular formula is C14H16N2O5. The van der Waals surface area contributed by atoms with E-state index in [0.29, 0.717) is 5.56 Å². The van der Waals surface area contributed by atoms with E-state index in [1.807, 2.05) is 0 Å². The van der Waals surface area contributed by atoms with Gasteiger partial charge in [0.05, 0.1) is 12.6 Å². The van der Waals surface area contributed by atoms with Gasteiger partial charge in [0.1, 0.15) is 6.54 Å². The molecule has 0 spiro atoms. The van der Waals surface area contributed by atoms with Gasteiger partial charge in [0, 0.05) is 0 Å². The summed E-state index contributed by atoms with van der Waals surface area (Å²) in [5.74, 6) is -0.179. The Bertz CT molecular complexity index is 579. The van der Waals surface area contributed by atoms with Crippen molar-refractivity contribution in [1.29, 1.82) is 0 Å². The van der Waals surface area contributed by atoms with Crippen LogP contribution in [0.25, 0.3) is 0 Å². The number of aliphatic carboxylic acids is 1. The second kappa shape index (κ2) is 7.17. The first-order chi connectivity index (χ1) is 9.85. The van der Waals surface area contributed by atoms with Gasteiger partial charge in [-0.3, -0.25) is 9.59 Å². The summed E-state index contributed by atoms with van der Waals surface area (Å²) in [6, 6.07) is 3.07. The molecule has 112 valence electrons. The van der Waals surface area contributed by atoms with Crippen molar-refractivity contribution in [3.63, 3.8) is 0 Å². The Morgan fingerprint density at radius 3 is 2.52 bits per heavy atom. The average Bonchev–Trinajstić information content (AvgIpc) is 2.41. The van der Waals surface area contributed by atoms with Crippen molar-refractivity contribution in [3.05, 3.63) is 23.8 Å². The highest BCUT2D eigenvalue weighted by molar-refractivity contribution is 5.85. The van der Waals surface area contributed by atoms with E-state index in [0.717, 1.165) is 4.90 Å². The highest BCUT2D eigenvalue weighted by Crippen LogP contribution is 2.25. The Morgan fingerprint density at radius 1 is 1.33 bits per heavy atom. The van der Waals surface area contributed by atoms with E-state index in [2.05, 4.69) is 5.92 Å². The van der Waals surface area contributed by atoms with Crippen LogP contribution in [-0.2, 0) is 16.0 Å². The third kappa shape index (κ3) is 4.71. The topological polar surface area (TPSA) is 124 Å². The second-order valence-corrected chi connectivity index (χ2v) is 4.43. The number of terminal acetylenes is 1. The van der Waals surface area contributed by atoms with Crippen molar-refractivity contribution >= 4 is 11.9 Å². The van der Waals surface area contributed by atoms with Gasteiger partial charge < -0.3 is 26.0 Å². The number of phenols is 2. The largest absolute Gasteiger partial charge is 0.504 e. The number of phenolic OH excluding ortho intramolecular Hbond substituents is 2. The highest BCUT2D eigenvalue weighted by Gasteiger charge is 2.22. The summed E-state index contributed by atoms with van der Waals surface area (Å²) >= 11 is 0. The minimum absolute atomic E-state index is 0.0767. The lowest BCUT2D eigenvalue weighted by Crippen LogP contribution is -2.47. The number of carboxylic acid groups (broad SMARTS) is 1. The zero-order chi connectivity index (χ0) is 16.0. The maximum atomic E-state index is 12.1. The Balaban J connectivity index is 2.78. The molecule has 1 amide bonds. The summed E-state index contributed by atoms with van der Waals surface area (Å²) in [4.78, 5) is 23.7. The van der Waals surface area contributed by atoms with Gasteiger partial charge in [-0.25, -0.2) is 0 Å². The molecule has 0 aliphatic carbocycles. The van der Waals surface area contributed by atoms with Gasteiger partial charge in [0.2, 0.25) is 5.91 Å². The number of carbonyl (C=O) groups excluding carboxylic acids is 1. The van der Waals surface area contributed by atoms with Crippen LogP contribution in [0.15, 0.2) is 18.2 Å². The van der Waals surface area contributed by atoms with Crippen molar-refractivity contribution < 1.29 is 24.9 Å². The molecule has 0 aromatic heterocycles. The lowest BCUT2D eigenvalue weighted by Gasteiger charge is -2.22. The Morgan fingerprint density at radius 2 is 2.00 bits per heavy atom. The van der Waals surface area contributed by atoms with Crippen molar-refractivity contribution in [3.8, 4) is 23.8 Å². The lowest BCUT2D eigenvalue weighted by atomic mass is 10.0. The first-order valence-electron chi connectivity index (χ1n) is 6.05. The number of nitrogens with zero attached hydrogens (tertiary/aromatic N) is 1. The van der Waals surface area contributed by atoms with E-state index >= 15 is 0 Å². The molecule has 7 heteroatoms. The molecule has 1 atom stereocenters. The average molecular weight is 292 g/mol. The smallest absolute Gasteiger partial charge is 0.323 e. The summed E-state index contributed by atoms with van der Waals surface area (Å²) in [5, 5.41) is 27.3. The molecule has 0 fully saturated rings. The number of nitrogens with two attached hydrogens (primary N) is 1. The molecule has 1 rings (SSSR count). The molecule has 0 unspecified atom stereocenters. The molecule has 0 saturated carbocycles. The molecule has 0 bridgehead atoms. The summed E-state index contributed by atoms with van der Waals surface area (Å²) in [6.07, 6.45) is 5.17. The van der Waals surface area contributed by atoms with E-state index in [9.17, 15) is 19.8 Å². The maximum Gasteiger partial charge on any atom is 0.323 e. The molecule has 0 saturated heterocycles. The monoisotopic (exact) mass is 292 g/mol. The molecule has 1 aromatic carbocycles. The van der Waals surface area contributed by atoms with E-state index in [1.54, 1.807) is 0 Å². The maximum absolute atomic E-state index is 12.1. The summed E-state index contributed by atoms with van der Waals surface area (Å²) in [7, 11) is 0. The van der Waals surface area contributed by atoms with E-state index in [-0.39, 0.29) is 24.5 Å². The molecular weight excluding hydrogens is 276 g/mol. The molecule has 1 aromatic rings. The third-order valence-electron chi connectivity index (χ3n) is 2.73. The number of hydrogen-bond acceptors (Lipinski definition) is 5. The van der Waals surface area contributed by atoms with Crippen molar-refractivity contribution in [2.75, 3.05) is 13.1 Å². The van der Waals surface area contributed by atoms with Gasteiger partial charge in [0.15, 0.2) is 11.5 Å². The van der Waals surface area contributed by atoms with E-state index < -0.39 is 24.5 Å². The number of carbonyl (C=O) groups is 2. The molecule has 0 aliphatic heterocycles. The minimum atomic E-state index is -1.19. The number of hydrogen-bond donors (Lipinski definition) is 4. The Kier molecular flexibility index (Phi) is 5.57. The van der Waals surface area contributed by atoms with Crippen LogP contribution in [0, 0.1) is 12.3 Å². The second-order valence-electron chi connectivity index (χ2n) is 4.43. The minimum Gasteiger partial charge on any atom is -0.504 e. The van der Waals surface area contributed by atoms with Crippen LogP contribution < -0.4 is 5.73 Å². The van der Waals surface area contributed by atoms with Gasteiger partial charge in [-0.2, -0.15) is 0 Å². The number of aromatic hydroxyl groups is 2. The fraction of sp³-hybridized carbons (Fsp3) is 0.286. The number of rotatable bonds is 6. The van der Waals surface area contributed by atoms with Crippen molar-refractivity contribution in [2.45, 2.75) is 12.5 Å². The number of amides is 1. The quantitative estimate of drug-likeness (QED) is 0.414. The molecule has 0 heterocycles. The normalized spacial score (nSPS) is 11.4. The van der Waals surface area contributed by atoms with Gasteiger partial charge >= 0.3 is 5.97 Å². The molecule has 0 radical (unpaired) electrons. The molecule has 21 heavy (non-hydrogen) atoms. The van der Waals surface area contributed by atoms with Crippen LogP contribution >= 0.6 is 0 Å². The SMILES string of the molecule is C#CCN(CC(=O)O)C(=O)[C@@H](N)Cc1ccc(O)c(O)c1. The van der Waals surface area contributed by atoms with Crippen LogP contribution in [-0.4, -0.2) is 51.2 Å². The zero-order valence-electron chi connectivity index (χ0n) is 11.2. The summed E-state index contributed by atoms with van der Waals surface area (Å²) < 4.78 is 0. The lowest BCUT2D eigenvalue weighted by molar-refractivity contribution is -0.144. The number of benzene rings is 1. The third-order valence-corrected chi connectivity index (χ3v) is 2.73. The zero-order valence-corrected chi connectivity index (χ0v) is 11.2. The first-order valence-corrected chi connectivity index (χ1v) is 6.05. The molecule has 7 nitrogen and oxygen atoms in total. The van der Waals surface area contributed by atoms with Crippen LogP contribution in [0.3, 0.4) is 0 Å². The summed E-state index contributed by atoms with van der Waals surface area (Å²) in [5.41, 5.74) is 6.28. The van der Waals surface area contributed by atoms with Crippen LogP contribution in [0.1, 0.15) is 5.56 Å². The molecule has 0 aliphatic rings. The van der Waals surface area contributed by atoms with Gasteiger partial charge in [-0.05, 0) is 24.1 Å². The predicted molar refractivity (Wildman–Crippen MR) is 74.5 cm³/mol. The fourth-order valence-corrected chi connectivity index (χ4v) is 1.76. The standard InChI is InChI=1S/C14H16N2O5/c1-2-5-16(8-13(19)20)14(21)10(15)6-9-3-4-11(17)12(18)7-9/h1,3-4,7,10,17-18H,5-6,8,15H2,(H,19,20)/t10-/m0/s1. The van der Waals surface area contributed by atoms with Crippen molar-refractivity contribution in [1.82, 2.24) is 4.90 Å². The van der Waals surface area contributed by atoms with E-state index in [1.165, 1.54) is 18.2 Å². The Hall–Kier alpha value is -2.72. The van der Waals surface area contributed by atoms with Crippen LogP contribution in [0.4, 0.5) is 0 Å². The van der Waals surface area contributed by atoms with Crippen molar-refractivity contribution in [2.24, 2.45) is 5.73 Å². The predicted octanol–water partition coefficient (Wildman–Crippen LogP) is -0.486. The fourth-order valence-electron chi connectivity index (χ4n) is 1.76. The highest BCUT2D eigenvalue weighted by atomic mass is 16.4. The van der Waals surface area contributed by atoms with Gasteiger partial charge in [-0.15, -0.1) is 6.42 Å². The Labute approximate surface area is 121 Å². The summed E-state index contributed by atoms with van der Waals surface area (Å²) in [6.45, 7) is -0.683. The van der Waals surface area contributed by atoms with Crippen LogP contribution in [0.2, 0.25) is 0 Å². The van der Waals surface area contributed by atoms with Crippen LogP contribution in [0.5, 0.6) is 11.5 Å². The van der Waals surface area contributed by atoms with Gasteiger partial charge in [-0.1, -0.05) is 12.0 Å². The first kappa shape index (κ1) is 16.3. The van der Waals surface area contributed by atoms with E-state index in [4.69, 9.17) is 17.3 Å². The molecule has 5 N–H and O–H groups in total.